The summed E-state index contributed by atoms with van der Waals surface area (Å²) in [5.41, 5.74) is 0. The van der Waals surface area contributed by atoms with Crippen LogP contribution in [0.2, 0.25) is 0 Å². The van der Waals surface area contributed by atoms with E-state index in [2.05, 4.69) is 10.1 Å². The van der Waals surface area contributed by atoms with Gasteiger partial charge in [-0.3, -0.25) is 9.59 Å². The summed E-state index contributed by atoms with van der Waals surface area (Å²) in [6.45, 7) is -0.538. The van der Waals surface area contributed by atoms with Gasteiger partial charge in [-0.1, -0.05) is 0 Å². The number of hydrogen-bond acceptors (Lipinski definition) is 4. The number of cyclic esters (lactones) is 1. The number of carbonyl (C=O) groups is 3. The predicted molar refractivity (Wildman–Crippen MR) is 37.1 cm³/mol. The molecule has 1 saturated heterocycles. The summed E-state index contributed by atoms with van der Waals surface area (Å²) < 4.78 is 4.38. The summed E-state index contributed by atoms with van der Waals surface area (Å²) in [6.07, 6.45) is -0.761. The Morgan fingerprint density at radius 1 is 1.67 bits per heavy atom. The van der Waals surface area contributed by atoms with Crippen LogP contribution in [0.4, 0.5) is 4.79 Å². The molecule has 0 aromatic carbocycles. The first-order valence-electron chi connectivity index (χ1n) is 3.33. The van der Waals surface area contributed by atoms with Crippen LogP contribution in [0.5, 0.6) is 0 Å². The molecule has 1 aliphatic heterocycles. The van der Waals surface area contributed by atoms with Gasteiger partial charge in [-0.2, -0.15) is 0 Å². The van der Waals surface area contributed by atoms with Crippen molar-refractivity contribution >= 4 is 17.9 Å². The topological polar surface area (TPSA) is 75.7 Å². The highest BCUT2D eigenvalue weighted by atomic mass is 16.6. The summed E-state index contributed by atoms with van der Waals surface area (Å²) in [5.74, 6) is -0.884. The van der Waals surface area contributed by atoms with Gasteiger partial charge in [0.05, 0.1) is 0 Å². The number of imide groups is 1. The number of ether oxygens (including phenoxy) is 1. The average Bonchev–Trinajstić information content (AvgIpc) is 2.35. The molecule has 0 spiro atoms. The second kappa shape index (κ2) is 3.21. The molecule has 1 N–H and O–H groups in total. The van der Waals surface area contributed by atoms with Gasteiger partial charge in [0.1, 0.15) is 6.54 Å². The molecule has 0 atom stereocenters. The van der Waals surface area contributed by atoms with Crippen LogP contribution in [0, 0.1) is 0 Å². The van der Waals surface area contributed by atoms with Crippen molar-refractivity contribution in [3.63, 3.8) is 0 Å². The van der Waals surface area contributed by atoms with Crippen molar-refractivity contribution in [1.29, 1.82) is 0 Å². The molecule has 0 aliphatic carbocycles. The van der Waals surface area contributed by atoms with E-state index < -0.39 is 17.9 Å². The molecular formula is C6H8N2O4. The fraction of sp³-hybridized carbons (Fsp3) is 0.500. The van der Waals surface area contributed by atoms with Crippen LogP contribution in [0.1, 0.15) is 0 Å². The van der Waals surface area contributed by atoms with Crippen molar-refractivity contribution in [2.24, 2.45) is 0 Å². The summed E-state index contributed by atoms with van der Waals surface area (Å²) in [6, 6.07) is 0. The van der Waals surface area contributed by atoms with E-state index in [1.807, 2.05) is 0 Å². The molecule has 6 nitrogen and oxygen atoms in total. The molecule has 0 bridgehead atoms. The van der Waals surface area contributed by atoms with E-state index in [-0.39, 0.29) is 13.2 Å². The van der Waals surface area contributed by atoms with Crippen LogP contribution in [0.3, 0.4) is 0 Å². The van der Waals surface area contributed by atoms with Gasteiger partial charge in [0.15, 0.2) is 6.61 Å². The lowest BCUT2D eigenvalue weighted by Gasteiger charge is -2.08. The average molecular weight is 172 g/mol. The Balaban J connectivity index is 2.56. The van der Waals surface area contributed by atoms with Gasteiger partial charge < -0.3 is 10.1 Å². The standard InChI is InChI=1S/C6H8N2O4/c1-7-4(9)2-8-5(10)3-12-6(8)11/h2-3H2,1H3,(H,7,9). The van der Waals surface area contributed by atoms with E-state index in [1.54, 1.807) is 0 Å². The Labute approximate surface area is 68.5 Å². The number of likely N-dealkylation sites (N-methyl/N-ethyl adjacent to an activating group) is 1. The van der Waals surface area contributed by atoms with Crippen LogP contribution >= 0.6 is 0 Å². The number of amides is 3. The quantitative estimate of drug-likeness (QED) is 0.562. The van der Waals surface area contributed by atoms with Gasteiger partial charge in [-0.25, -0.2) is 9.69 Å². The molecule has 0 radical (unpaired) electrons. The first kappa shape index (κ1) is 8.51. The lowest BCUT2D eigenvalue weighted by atomic mass is 10.5. The monoisotopic (exact) mass is 172 g/mol. The van der Waals surface area contributed by atoms with Crippen molar-refractivity contribution < 1.29 is 19.1 Å². The van der Waals surface area contributed by atoms with Crippen molar-refractivity contribution in [1.82, 2.24) is 10.2 Å². The fourth-order valence-electron chi connectivity index (χ4n) is 0.757. The van der Waals surface area contributed by atoms with Crippen LogP contribution in [-0.4, -0.2) is 43.0 Å². The van der Waals surface area contributed by atoms with Gasteiger partial charge in [-0.05, 0) is 0 Å². The zero-order valence-electron chi connectivity index (χ0n) is 6.49. The Morgan fingerprint density at radius 3 is 2.75 bits per heavy atom. The largest absolute Gasteiger partial charge is 0.439 e. The first-order chi connectivity index (χ1) is 5.65. The third kappa shape index (κ3) is 1.52. The minimum atomic E-state index is -0.761. The number of nitrogens with zero attached hydrogens (tertiary/aromatic N) is 1. The smallest absolute Gasteiger partial charge is 0.417 e. The summed E-state index contributed by atoms with van der Waals surface area (Å²) >= 11 is 0. The van der Waals surface area contributed by atoms with E-state index in [0.717, 1.165) is 4.90 Å². The molecular weight excluding hydrogens is 164 g/mol. The minimum absolute atomic E-state index is 0.268. The zero-order valence-corrected chi connectivity index (χ0v) is 6.49. The Bertz CT molecular complexity index is 222. The highest BCUT2D eigenvalue weighted by molar-refractivity contribution is 6.00. The first-order valence-corrected chi connectivity index (χ1v) is 3.33. The SMILES string of the molecule is CNC(=O)CN1C(=O)COC1=O. The van der Waals surface area contributed by atoms with Crippen molar-refractivity contribution in [3.8, 4) is 0 Å². The van der Waals surface area contributed by atoms with Crippen molar-refractivity contribution in [3.05, 3.63) is 0 Å². The van der Waals surface area contributed by atoms with E-state index >= 15 is 0 Å². The summed E-state index contributed by atoms with van der Waals surface area (Å²) in [5, 5.41) is 2.29. The molecule has 66 valence electrons. The molecule has 0 unspecified atom stereocenters. The van der Waals surface area contributed by atoms with Gasteiger partial charge in [-0.15, -0.1) is 0 Å². The maximum Gasteiger partial charge on any atom is 0.417 e. The summed E-state index contributed by atoms with van der Waals surface area (Å²) in [4.78, 5) is 33.1. The van der Waals surface area contributed by atoms with Gasteiger partial charge in [0.25, 0.3) is 5.91 Å². The van der Waals surface area contributed by atoms with E-state index in [1.165, 1.54) is 7.05 Å². The predicted octanol–water partition coefficient (Wildman–Crippen LogP) is -1.29. The Hall–Kier alpha value is -1.59. The maximum atomic E-state index is 10.8. The molecule has 1 aliphatic rings. The van der Waals surface area contributed by atoms with Gasteiger partial charge >= 0.3 is 6.09 Å². The molecule has 0 aromatic heterocycles. The van der Waals surface area contributed by atoms with Crippen LogP contribution in [0.25, 0.3) is 0 Å². The number of nitrogens with one attached hydrogen (secondary N) is 1. The maximum absolute atomic E-state index is 10.8. The molecule has 1 heterocycles. The molecule has 1 fully saturated rings. The summed E-state index contributed by atoms with van der Waals surface area (Å²) in [7, 11) is 1.42. The number of hydrogen-bond donors (Lipinski definition) is 1. The van der Waals surface area contributed by atoms with E-state index in [9.17, 15) is 14.4 Å². The van der Waals surface area contributed by atoms with Gasteiger partial charge in [0, 0.05) is 7.05 Å². The normalized spacial score (nSPS) is 16.2. The number of rotatable bonds is 2. The highest BCUT2D eigenvalue weighted by Crippen LogP contribution is 2.03. The number of carbonyl (C=O) groups excluding carboxylic acids is 3. The molecule has 1 rings (SSSR count). The molecule has 0 aromatic rings. The lowest BCUT2D eigenvalue weighted by Crippen LogP contribution is -2.38. The minimum Gasteiger partial charge on any atom is -0.439 e. The Kier molecular flexibility index (Phi) is 2.27. The van der Waals surface area contributed by atoms with E-state index in [0.29, 0.717) is 0 Å². The third-order valence-electron chi connectivity index (χ3n) is 1.42. The zero-order chi connectivity index (χ0) is 9.14. The second-order valence-electron chi connectivity index (χ2n) is 2.21. The molecule has 6 heteroatoms. The van der Waals surface area contributed by atoms with Crippen LogP contribution in [0.15, 0.2) is 0 Å². The van der Waals surface area contributed by atoms with Crippen LogP contribution < -0.4 is 5.32 Å². The van der Waals surface area contributed by atoms with Crippen molar-refractivity contribution in [2.45, 2.75) is 0 Å². The fourth-order valence-corrected chi connectivity index (χ4v) is 0.757. The molecule has 0 saturated carbocycles. The van der Waals surface area contributed by atoms with E-state index in [4.69, 9.17) is 0 Å². The van der Waals surface area contributed by atoms with Gasteiger partial charge in [0.2, 0.25) is 5.91 Å². The third-order valence-corrected chi connectivity index (χ3v) is 1.42. The lowest BCUT2D eigenvalue weighted by molar-refractivity contribution is -0.130. The molecule has 3 amide bonds. The van der Waals surface area contributed by atoms with Crippen LogP contribution in [-0.2, 0) is 14.3 Å². The van der Waals surface area contributed by atoms with Crippen molar-refractivity contribution in [2.75, 3.05) is 20.2 Å². The highest BCUT2D eigenvalue weighted by Gasteiger charge is 2.32. The second-order valence-corrected chi connectivity index (χ2v) is 2.21. The Morgan fingerprint density at radius 2 is 2.33 bits per heavy atom. The molecule has 12 heavy (non-hydrogen) atoms.